The van der Waals surface area contributed by atoms with E-state index in [-0.39, 0.29) is 17.7 Å². The molecule has 2 saturated heterocycles. The van der Waals surface area contributed by atoms with Crippen LogP contribution in [0.1, 0.15) is 25.3 Å². The highest BCUT2D eigenvalue weighted by Crippen LogP contribution is 2.23. The second-order valence-electron chi connectivity index (χ2n) is 6.90. The van der Waals surface area contributed by atoms with Crippen molar-refractivity contribution >= 4 is 17.5 Å². The van der Waals surface area contributed by atoms with Gasteiger partial charge in [-0.25, -0.2) is 0 Å². The number of para-hydroxylation sites is 1. The predicted molar refractivity (Wildman–Crippen MR) is 95.0 cm³/mol. The number of anilines is 1. The van der Waals surface area contributed by atoms with Crippen LogP contribution >= 0.6 is 0 Å². The van der Waals surface area contributed by atoms with Gasteiger partial charge in [0.05, 0.1) is 5.92 Å². The second-order valence-corrected chi connectivity index (χ2v) is 6.90. The molecule has 5 nitrogen and oxygen atoms in total. The van der Waals surface area contributed by atoms with E-state index in [2.05, 4.69) is 36.1 Å². The summed E-state index contributed by atoms with van der Waals surface area (Å²) in [5, 5.41) is 0. The molecule has 1 aromatic rings. The van der Waals surface area contributed by atoms with Crippen LogP contribution in [0.2, 0.25) is 0 Å². The molecule has 0 N–H and O–H groups in total. The summed E-state index contributed by atoms with van der Waals surface area (Å²) in [4.78, 5) is 30.5. The molecule has 130 valence electrons. The number of benzene rings is 1. The summed E-state index contributed by atoms with van der Waals surface area (Å²) < 4.78 is 0. The van der Waals surface area contributed by atoms with E-state index in [1.165, 1.54) is 11.3 Å². The van der Waals surface area contributed by atoms with Crippen LogP contribution in [0.4, 0.5) is 5.69 Å². The van der Waals surface area contributed by atoms with Crippen LogP contribution in [-0.2, 0) is 9.59 Å². The molecule has 0 aromatic heterocycles. The van der Waals surface area contributed by atoms with Crippen molar-refractivity contribution in [3.05, 3.63) is 29.8 Å². The van der Waals surface area contributed by atoms with Gasteiger partial charge in [-0.05, 0) is 31.4 Å². The van der Waals surface area contributed by atoms with E-state index in [4.69, 9.17) is 0 Å². The van der Waals surface area contributed by atoms with Gasteiger partial charge in [0, 0.05) is 51.9 Å². The van der Waals surface area contributed by atoms with Crippen LogP contribution in [-0.4, -0.2) is 60.9 Å². The molecule has 2 aliphatic rings. The number of rotatable bonds is 2. The Morgan fingerprint density at radius 2 is 1.71 bits per heavy atom. The molecule has 1 atom stereocenters. The Kier molecular flexibility index (Phi) is 5.07. The Morgan fingerprint density at radius 3 is 2.38 bits per heavy atom. The van der Waals surface area contributed by atoms with E-state index in [0.717, 1.165) is 45.6 Å². The number of aryl methyl sites for hydroxylation is 1. The molecule has 0 unspecified atom stereocenters. The predicted octanol–water partition coefficient (Wildman–Crippen LogP) is 1.90. The van der Waals surface area contributed by atoms with Crippen molar-refractivity contribution in [2.75, 3.05) is 44.2 Å². The van der Waals surface area contributed by atoms with E-state index in [1.54, 1.807) is 6.92 Å². The molecule has 5 heteroatoms. The highest BCUT2D eigenvalue weighted by Gasteiger charge is 2.31. The summed E-state index contributed by atoms with van der Waals surface area (Å²) in [7, 11) is 0. The molecular formula is C19H27N3O2. The Bertz CT molecular complexity index is 608. The topological polar surface area (TPSA) is 43.9 Å². The summed E-state index contributed by atoms with van der Waals surface area (Å²) in [5.74, 6) is 0.287. The minimum Gasteiger partial charge on any atom is -0.368 e. The molecular weight excluding hydrogens is 302 g/mol. The van der Waals surface area contributed by atoms with Gasteiger partial charge in [-0.1, -0.05) is 18.2 Å². The lowest BCUT2D eigenvalue weighted by atomic mass is 9.96. The lowest BCUT2D eigenvalue weighted by Crippen LogP contribution is -2.53. The monoisotopic (exact) mass is 329 g/mol. The molecule has 1 aromatic carbocycles. The first-order valence-electron chi connectivity index (χ1n) is 8.91. The number of carbonyl (C=O) groups is 2. The van der Waals surface area contributed by atoms with Gasteiger partial charge in [0.1, 0.15) is 0 Å². The Balaban J connectivity index is 1.57. The van der Waals surface area contributed by atoms with Crippen molar-refractivity contribution < 1.29 is 9.59 Å². The summed E-state index contributed by atoms with van der Waals surface area (Å²) in [5.41, 5.74) is 2.55. The first-order valence-corrected chi connectivity index (χ1v) is 8.91. The Morgan fingerprint density at radius 1 is 1.00 bits per heavy atom. The van der Waals surface area contributed by atoms with Crippen molar-refractivity contribution in [2.45, 2.75) is 26.7 Å². The largest absolute Gasteiger partial charge is 0.368 e. The van der Waals surface area contributed by atoms with Gasteiger partial charge in [-0.3, -0.25) is 9.59 Å². The lowest BCUT2D eigenvalue weighted by Gasteiger charge is -2.40. The molecule has 0 saturated carbocycles. The molecule has 0 aliphatic carbocycles. The van der Waals surface area contributed by atoms with Crippen molar-refractivity contribution in [1.82, 2.24) is 9.80 Å². The minimum absolute atomic E-state index is 0.0207. The van der Waals surface area contributed by atoms with Gasteiger partial charge in [0.15, 0.2) is 0 Å². The van der Waals surface area contributed by atoms with Crippen molar-refractivity contribution in [1.29, 1.82) is 0 Å². The summed E-state index contributed by atoms with van der Waals surface area (Å²) >= 11 is 0. The molecule has 0 bridgehead atoms. The first-order chi connectivity index (χ1) is 11.6. The molecule has 3 rings (SSSR count). The van der Waals surface area contributed by atoms with Crippen LogP contribution in [0.25, 0.3) is 0 Å². The van der Waals surface area contributed by atoms with Gasteiger partial charge >= 0.3 is 0 Å². The van der Waals surface area contributed by atoms with Gasteiger partial charge < -0.3 is 14.7 Å². The fourth-order valence-corrected chi connectivity index (χ4v) is 3.81. The number of nitrogens with zero attached hydrogens (tertiary/aromatic N) is 3. The Labute approximate surface area is 144 Å². The van der Waals surface area contributed by atoms with Crippen LogP contribution in [0.5, 0.6) is 0 Å². The highest BCUT2D eigenvalue weighted by molar-refractivity contribution is 5.81. The number of hydrogen-bond donors (Lipinski definition) is 0. The molecule has 2 fully saturated rings. The van der Waals surface area contributed by atoms with Crippen molar-refractivity contribution in [2.24, 2.45) is 5.92 Å². The number of hydrogen-bond acceptors (Lipinski definition) is 3. The third-order valence-corrected chi connectivity index (χ3v) is 5.26. The maximum absolute atomic E-state index is 12.8. The third-order valence-electron chi connectivity index (χ3n) is 5.26. The van der Waals surface area contributed by atoms with E-state index < -0.39 is 0 Å². The van der Waals surface area contributed by atoms with Crippen molar-refractivity contribution in [3.63, 3.8) is 0 Å². The minimum atomic E-state index is -0.0207. The average Bonchev–Trinajstić information content (AvgIpc) is 2.62. The Hall–Kier alpha value is -2.04. The zero-order chi connectivity index (χ0) is 17.1. The molecule has 0 spiro atoms. The number of piperazine rings is 1. The number of likely N-dealkylation sites (tertiary alicyclic amines) is 1. The third kappa shape index (κ3) is 3.55. The molecule has 2 heterocycles. The van der Waals surface area contributed by atoms with Crippen LogP contribution in [0.3, 0.4) is 0 Å². The molecule has 0 radical (unpaired) electrons. The van der Waals surface area contributed by atoms with E-state index in [0.29, 0.717) is 6.54 Å². The van der Waals surface area contributed by atoms with Crippen LogP contribution < -0.4 is 4.90 Å². The quantitative estimate of drug-likeness (QED) is 0.832. The first kappa shape index (κ1) is 16.8. The summed E-state index contributed by atoms with van der Waals surface area (Å²) in [6, 6.07) is 8.41. The van der Waals surface area contributed by atoms with E-state index >= 15 is 0 Å². The van der Waals surface area contributed by atoms with E-state index in [9.17, 15) is 9.59 Å². The normalized spacial score (nSPS) is 21.8. The fourth-order valence-electron chi connectivity index (χ4n) is 3.81. The lowest BCUT2D eigenvalue weighted by molar-refractivity contribution is -0.140. The van der Waals surface area contributed by atoms with Gasteiger partial charge in [-0.15, -0.1) is 0 Å². The summed E-state index contributed by atoms with van der Waals surface area (Å²) in [6.45, 7) is 8.39. The smallest absolute Gasteiger partial charge is 0.227 e. The fraction of sp³-hybridized carbons (Fsp3) is 0.579. The highest BCUT2D eigenvalue weighted by atomic mass is 16.2. The van der Waals surface area contributed by atoms with Gasteiger partial charge in [-0.2, -0.15) is 0 Å². The zero-order valence-corrected chi connectivity index (χ0v) is 14.7. The van der Waals surface area contributed by atoms with Crippen LogP contribution in [0, 0.1) is 12.8 Å². The standard InChI is InChI=1S/C19H27N3O2/c1-15-6-3-4-8-18(15)20-10-12-21(13-11-20)19(24)17-7-5-9-22(14-17)16(2)23/h3-4,6,8,17H,5,7,9-14H2,1-2H3/t17-/m1/s1. The average molecular weight is 329 g/mol. The maximum Gasteiger partial charge on any atom is 0.227 e. The number of amides is 2. The zero-order valence-electron chi connectivity index (χ0n) is 14.7. The maximum atomic E-state index is 12.8. The van der Waals surface area contributed by atoms with E-state index in [1.807, 2.05) is 9.80 Å². The van der Waals surface area contributed by atoms with Crippen LogP contribution in [0.15, 0.2) is 24.3 Å². The van der Waals surface area contributed by atoms with Gasteiger partial charge in [0.25, 0.3) is 0 Å². The van der Waals surface area contributed by atoms with Gasteiger partial charge in [0.2, 0.25) is 11.8 Å². The summed E-state index contributed by atoms with van der Waals surface area (Å²) in [6.07, 6.45) is 1.83. The second kappa shape index (κ2) is 7.24. The van der Waals surface area contributed by atoms with Crippen molar-refractivity contribution in [3.8, 4) is 0 Å². The molecule has 2 amide bonds. The SMILES string of the molecule is CC(=O)N1CCC[C@@H](C(=O)N2CCN(c3ccccc3C)CC2)C1. The number of piperidine rings is 1. The number of carbonyl (C=O) groups excluding carboxylic acids is 2. The molecule has 24 heavy (non-hydrogen) atoms. The molecule has 2 aliphatic heterocycles.